The molecule has 1 aromatic rings. The molecule has 0 aliphatic carbocycles. The Morgan fingerprint density at radius 3 is 2.21 bits per heavy atom. The maximum absolute atomic E-state index is 11.8. The van der Waals surface area contributed by atoms with Gasteiger partial charge in [-0.25, -0.2) is 0 Å². The summed E-state index contributed by atoms with van der Waals surface area (Å²) in [5.74, 6) is -0.252. The van der Waals surface area contributed by atoms with Crippen LogP contribution in [0.4, 0.5) is 5.69 Å². The monoisotopic (exact) mass is 263 g/mol. The first-order chi connectivity index (χ1) is 8.88. The molecule has 0 fully saturated rings. The molecule has 0 radical (unpaired) electrons. The zero-order chi connectivity index (χ0) is 14.2. The number of amides is 1. The van der Waals surface area contributed by atoms with E-state index in [1.54, 1.807) is 12.1 Å². The molecule has 0 aromatic heterocycles. The molecule has 5 heteroatoms. The maximum atomic E-state index is 11.8. The third kappa shape index (κ3) is 2.70. The summed E-state index contributed by atoms with van der Waals surface area (Å²) in [5, 5.41) is 2.53. The lowest BCUT2D eigenvalue weighted by Crippen LogP contribution is -2.14. The molecule has 1 aliphatic rings. The van der Waals surface area contributed by atoms with Crippen LogP contribution < -0.4 is 14.8 Å². The molecule has 1 amide bonds. The van der Waals surface area contributed by atoms with Gasteiger partial charge in [-0.3, -0.25) is 9.59 Å². The van der Waals surface area contributed by atoms with Crippen molar-refractivity contribution >= 4 is 17.4 Å². The van der Waals surface area contributed by atoms with Crippen LogP contribution in [0.2, 0.25) is 0 Å². The Hall–Kier alpha value is -2.04. The fraction of sp³-hybridized carbons (Fsp3) is 0.429. The van der Waals surface area contributed by atoms with E-state index in [-0.39, 0.29) is 17.8 Å². The summed E-state index contributed by atoms with van der Waals surface area (Å²) in [5.41, 5.74) is 0.735. The highest BCUT2D eigenvalue weighted by atomic mass is 16.5. The molecular formula is C14H17NO4. The molecule has 19 heavy (non-hydrogen) atoms. The van der Waals surface area contributed by atoms with Gasteiger partial charge in [0.2, 0.25) is 0 Å². The van der Waals surface area contributed by atoms with Crippen LogP contribution in [0.3, 0.4) is 0 Å². The summed E-state index contributed by atoms with van der Waals surface area (Å²) in [7, 11) is 0. The van der Waals surface area contributed by atoms with Gasteiger partial charge in [0.1, 0.15) is 11.5 Å². The van der Waals surface area contributed by atoms with Gasteiger partial charge in [0.05, 0.1) is 23.5 Å². The van der Waals surface area contributed by atoms with E-state index in [1.165, 1.54) is 0 Å². The third-order valence-electron chi connectivity index (χ3n) is 2.49. The van der Waals surface area contributed by atoms with Gasteiger partial charge in [0.15, 0.2) is 0 Å². The smallest absolute Gasteiger partial charge is 0.297 e. The van der Waals surface area contributed by atoms with Crippen molar-refractivity contribution in [1.82, 2.24) is 0 Å². The second-order valence-corrected chi connectivity index (χ2v) is 4.96. The number of ketones is 1. The van der Waals surface area contributed by atoms with E-state index in [0.29, 0.717) is 17.2 Å². The van der Waals surface area contributed by atoms with Gasteiger partial charge in [0.25, 0.3) is 11.7 Å². The zero-order valence-electron chi connectivity index (χ0n) is 11.4. The number of Topliss-reactive ketones (excluding diaryl/α,β-unsaturated/α-hetero) is 1. The number of ether oxygens (including phenoxy) is 2. The quantitative estimate of drug-likeness (QED) is 0.847. The second-order valence-electron chi connectivity index (χ2n) is 4.96. The standard InChI is InChI=1S/C14H17NO4/c1-7(2)18-9-5-10-12(13(16)14(17)15-10)11(6-9)19-8(3)4/h5-8H,1-4H3,(H,15,16,17). The molecule has 0 saturated heterocycles. The number of nitrogens with one attached hydrogen (secondary N) is 1. The highest BCUT2D eigenvalue weighted by Gasteiger charge is 2.32. The number of anilines is 1. The first-order valence-corrected chi connectivity index (χ1v) is 6.25. The first kappa shape index (κ1) is 13.4. The molecule has 1 heterocycles. The minimum atomic E-state index is -0.634. The lowest BCUT2D eigenvalue weighted by molar-refractivity contribution is -0.112. The van der Waals surface area contributed by atoms with E-state index >= 15 is 0 Å². The number of carbonyl (C=O) groups is 2. The van der Waals surface area contributed by atoms with Gasteiger partial charge >= 0.3 is 0 Å². The molecule has 0 spiro atoms. The molecule has 1 aromatic carbocycles. The zero-order valence-corrected chi connectivity index (χ0v) is 11.4. The molecule has 1 N–H and O–H groups in total. The Morgan fingerprint density at radius 2 is 1.63 bits per heavy atom. The summed E-state index contributed by atoms with van der Waals surface area (Å²) in [6, 6.07) is 3.29. The minimum absolute atomic E-state index is 0.00208. The summed E-state index contributed by atoms with van der Waals surface area (Å²) < 4.78 is 11.2. The van der Waals surface area contributed by atoms with Crippen LogP contribution >= 0.6 is 0 Å². The van der Waals surface area contributed by atoms with Gasteiger partial charge in [-0.15, -0.1) is 0 Å². The molecule has 1 aliphatic heterocycles. The second kappa shape index (κ2) is 4.91. The summed E-state index contributed by atoms with van der Waals surface area (Å²) in [4.78, 5) is 23.2. The van der Waals surface area contributed by atoms with Crippen molar-refractivity contribution < 1.29 is 19.1 Å². The van der Waals surface area contributed by atoms with Crippen molar-refractivity contribution in [2.24, 2.45) is 0 Å². The third-order valence-corrected chi connectivity index (χ3v) is 2.49. The SMILES string of the molecule is CC(C)Oc1cc2c(c(OC(C)C)c1)C(=O)C(=O)N2. The van der Waals surface area contributed by atoms with E-state index in [9.17, 15) is 9.59 Å². The minimum Gasteiger partial charge on any atom is -0.491 e. The molecule has 0 saturated carbocycles. The average Bonchev–Trinajstić information content (AvgIpc) is 2.52. The molecule has 0 atom stereocenters. The first-order valence-electron chi connectivity index (χ1n) is 6.25. The number of hydrogen-bond donors (Lipinski definition) is 1. The number of hydrogen-bond acceptors (Lipinski definition) is 4. The lowest BCUT2D eigenvalue weighted by Gasteiger charge is -2.16. The summed E-state index contributed by atoms with van der Waals surface area (Å²) >= 11 is 0. The molecule has 2 rings (SSSR count). The Kier molecular flexibility index (Phi) is 3.46. The topological polar surface area (TPSA) is 64.6 Å². The van der Waals surface area contributed by atoms with E-state index in [1.807, 2.05) is 27.7 Å². The van der Waals surface area contributed by atoms with Crippen LogP contribution in [-0.4, -0.2) is 23.9 Å². The number of benzene rings is 1. The Bertz CT molecular complexity index is 534. The molecular weight excluding hydrogens is 246 g/mol. The predicted molar refractivity (Wildman–Crippen MR) is 70.9 cm³/mol. The van der Waals surface area contributed by atoms with Crippen LogP contribution in [0.25, 0.3) is 0 Å². The van der Waals surface area contributed by atoms with Crippen molar-refractivity contribution in [3.05, 3.63) is 17.7 Å². The van der Waals surface area contributed by atoms with Gasteiger partial charge in [0, 0.05) is 12.1 Å². The molecule has 0 bridgehead atoms. The Balaban J connectivity index is 2.47. The molecule has 5 nitrogen and oxygen atoms in total. The Morgan fingerprint density at radius 1 is 1.00 bits per heavy atom. The lowest BCUT2D eigenvalue weighted by atomic mass is 10.1. The number of rotatable bonds is 4. The Labute approximate surface area is 111 Å². The molecule has 102 valence electrons. The van der Waals surface area contributed by atoms with Crippen LogP contribution in [0.5, 0.6) is 11.5 Å². The van der Waals surface area contributed by atoms with Crippen LogP contribution in [0.1, 0.15) is 38.1 Å². The summed E-state index contributed by atoms with van der Waals surface area (Å²) in [6.45, 7) is 7.52. The van der Waals surface area contributed by atoms with Crippen molar-refractivity contribution in [3.63, 3.8) is 0 Å². The predicted octanol–water partition coefficient (Wildman–Crippen LogP) is 2.40. The van der Waals surface area contributed by atoms with Gasteiger partial charge in [-0.1, -0.05) is 0 Å². The van der Waals surface area contributed by atoms with Gasteiger partial charge in [-0.05, 0) is 27.7 Å². The normalized spacial score (nSPS) is 13.8. The van der Waals surface area contributed by atoms with Gasteiger partial charge < -0.3 is 14.8 Å². The largest absolute Gasteiger partial charge is 0.491 e. The number of carbonyl (C=O) groups excluding carboxylic acids is 2. The van der Waals surface area contributed by atoms with E-state index < -0.39 is 11.7 Å². The average molecular weight is 263 g/mol. The maximum Gasteiger partial charge on any atom is 0.297 e. The fourth-order valence-corrected chi connectivity index (χ4v) is 1.90. The van der Waals surface area contributed by atoms with Crippen molar-refractivity contribution in [1.29, 1.82) is 0 Å². The number of fused-ring (bicyclic) bond motifs is 1. The van der Waals surface area contributed by atoms with Crippen molar-refractivity contribution in [2.75, 3.05) is 5.32 Å². The van der Waals surface area contributed by atoms with Crippen molar-refractivity contribution in [2.45, 2.75) is 39.9 Å². The summed E-state index contributed by atoms with van der Waals surface area (Å²) in [6.07, 6.45) is -0.0975. The van der Waals surface area contributed by atoms with E-state index in [2.05, 4.69) is 5.32 Å². The fourth-order valence-electron chi connectivity index (χ4n) is 1.90. The van der Waals surface area contributed by atoms with E-state index in [0.717, 1.165) is 0 Å². The van der Waals surface area contributed by atoms with Crippen LogP contribution in [0, 0.1) is 0 Å². The van der Waals surface area contributed by atoms with Crippen molar-refractivity contribution in [3.8, 4) is 11.5 Å². The highest BCUT2D eigenvalue weighted by molar-refractivity contribution is 6.52. The van der Waals surface area contributed by atoms with Crippen LogP contribution in [0.15, 0.2) is 12.1 Å². The molecule has 0 unspecified atom stereocenters. The van der Waals surface area contributed by atoms with Crippen LogP contribution in [-0.2, 0) is 4.79 Å². The van der Waals surface area contributed by atoms with Gasteiger partial charge in [-0.2, -0.15) is 0 Å². The van der Waals surface area contributed by atoms with E-state index in [4.69, 9.17) is 9.47 Å². The highest BCUT2D eigenvalue weighted by Crippen LogP contribution is 2.37.